The Morgan fingerprint density at radius 1 is 1.25 bits per heavy atom. The minimum Gasteiger partial charge on any atom is -0.354 e. The van der Waals surface area contributed by atoms with Gasteiger partial charge in [0.05, 0.1) is 11.4 Å². The molecule has 0 spiro atoms. The molecule has 0 N–H and O–H groups in total. The van der Waals surface area contributed by atoms with E-state index in [4.69, 9.17) is 11.6 Å². The summed E-state index contributed by atoms with van der Waals surface area (Å²) in [5.41, 5.74) is 1.88. The molecule has 1 saturated carbocycles. The van der Waals surface area contributed by atoms with Crippen LogP contribution in [0.25, 0.3) is 0 Å². The summed E-state index contributed by atoms with van der Waals surface area (Å²) in [6.07, 6.45) is 2.68. The van der Waals surface area contributed by atoms with Crippen molar-refractivity contribution in [1.29, 1.82) is 0 Å². The Kier molecular flexibility index (Phi) is 3.33. The predicted octanol–water partition coefficient (Wildman–Crippen LogP) is 2.98. The summed E-state index contributed by atoms with van der Waals surface area (Å²) >= 11 is 6.16. The molecule has 1 aliphatic rings. The lowest BCUT2D eigenvalue weighted by molar-refractivity contribution is 0.727. The van der Waals surface area contributed by atoms with E-state index in [9.17, 15) is 0 Å². The first-order chi connectivity index (χ1) is 7.61. The van der Waals surface area contributed by atoms with Crippen LogP contribution in [-0.2, 0) is 0 Å². The van der Waals surface area contributed by atoms with Crippen LogP contribution in [0.4, 0.5) is 5.82 Å². The van der Waals surface area contributed by atoms with E-state index >= 15 is 0 Å². The van der Waals surface area contributed by atoms with Crippen LogP contribution < -0.4 is 4.90 Å². The zero-order chi connectivity index (χ0) is 11.7. The number of aryl methyl sites for hydroxylation is 2. The Bertz CT molecular complexity index is 388. The Hall–Kier alpha value is -0.830. The van der Waals surface area contributed by atoms with Crippen molar-refractivity contribution in [2.45, 2.75) is 33.6 Å². The molecular weight excluding hydrogens is 222 g/mol. The van der Waals surface area contributed by atoms with E-state index in [1.807, 2.05) is 13.8 Å². The molecule has 0 unspecified atom stereocenters. The highest BCUT2D eigenvalue weighted by atomic mass is 35.5. The highest BCUT2D eigenvalue weighted by Crippen LogP contribution is 2.32. The van der Waals surface area contributed by atoms with E-state index in [1.54, 1.807) is 0 Å². The lowest BCUT2D eigenvalue weighted by atomic mass is 10.3. The summed E-state index contributed by atoms with van der Waals surface area (Å²) < 4.78 is 0. The average molecular weight is 240 g/mol. The van der Waals surface area contributed by atoms with E-state index in [-0.39, 0.29) is 0 Å². The van der Waals surface area contributed by atoms with Gasteiger partial charge in [-0.3, -0.25) is 0 Å². The first kappa shape index (κ1) is 11.6. The van der Waals surface area contributed by atoms with Crippen molar-refractivity contribution < 1.29 is 0 Å². The normalized spacial score (nSPS) is 15.2. The summed E-state index contributed by atoms with van der Waals surface area (Å²) in [6, 6.07) is 0. The smallest absolute Gasteiger partial charge is 0.171 e. The second kappa shape index (κ2) is 4.58. The number of rotatable bonds is 4. The highest BCUT2D eigenvalue weighted by Gasteiger charge is 2.25. The number of halogens is 1. The molecule has 1 aromatic rings. The Balaban J connectivity index is 2.25. The van der Waals surface area contributed by atoms with Crippen molar-refractivity contribution in [3.63, 3.8) is 0 Å². The zero-order valence-corrected chi connectivity index (χ0v) is 10.9. The van der Waals surface area contributed by atoms with Crippen LogP contribution in [0.2, 0.25) is 5.15 Å². The maximum Gasteiger partial charge on any atom is 0.171 e. The van der Waals surface area contributed by atoms with Crippen molar-refractivity contribution in [3.05, 3.63) is 16.5 Å². The van der Waals surface area contributed by atoms with Gasteiger partial charge < -0.3 is 4.90 Å². The molecule has 0 aliphatic heterocycles. The average Bonchev–Trinajstić information content (AvgIpc) is 3.04. The number of anilines is 1. The molecule has 0 radical (unpaired) electrons. The summed E-state index contributed by atoms with van der Waals surface area (Å²) in [5, 5.41) is 0.533. The standard InChI is InChI=1S/C12H18ClN3/c1-4-16(7-10-5-6-10)12-11(13)14-8(2)9(3)15-12/h10H,4-7H2,1-3H3. The zero-order valence-electron chi connectivity index (χ0n) is 10.1. The van der Waals surface area contributed by atoms with E-state index in [1.165, 1.54) is 12.8 Å². The molecule has 1 aromatic heterocycles. The van der Waals surface area contributed by atoms with E-state index in [2.05, 4.69) is 21.8 Å². The fraction of sp³-hybridized carbons (Fsp3) is 0.667. The first-order valence-electron chi connectivity index (χ1n) is 5.87. The third-order valence-corrected chi connectivity index (χ3v) is 3.36. The van der Waals surface area contributed by atoms with Gasteiger partial charge in [0.2, 0.25) is 0 Å². The van der Waals surface area contributed by atoms with Crippen molar-refractivity contribution >= 4 is 17.4 Å². The molecule has 2 rings (SSSR count). The van der Waals surface area contributed by atoms with Gasteiger partial charge in [-0.1, -0.05) is 11.6 Å². The molecule has 0 bridgehead atoms. The molecule has 0 saturated heterocycles. The van der Waals surface area contributed by atoms with Crippen molar-refractivity contribution in [1.82, 2.24) is 9.97 Å². The van der Waals surface area contributed by atoms with Gasteiger partial charge in [-0.25, -0.2) is 9.97 Å². The lowest BCUT2D eigenvalue weighted by Gasteiger charge is -2.23. The highest BCUT2D eigenvalue weighted by molar-refractivity contribution is 6.31. The molecule has 88 valence electrons. The van der Waals surface area contributed by atoms with Gasteiger partial charge in [0.25, 0.3) is 0 Å². The van der Waals surface area contributed by atoms with E-state index in [0.717, 1.165) is 36.2 Å². The molecule has 1 heterocycles. The molecule has 0 amide bonds. The monoisotopic (exact) mass is 239 g/mol. The number of hydrogen-bond donors (Lipinski definition) is 0. The van der Waals surface area contributed by atoms with Gasteiger partial charge in [-0.15, -0.1) is 0 Å². The molecule has 1 fully saturated rings. The van der Waals surface area contributed by atoms with Crippen LogP contribution in [0.15, 0.2) is 0 Å². The molecule has 3 nitrogen and oxygen atoms in total. The maximum atomic E-state index is 6.16. The van der Waals surface area contributed by atoms with Gasteiger partial charge in [0.1, 0.15) is 0 Å². The molecule has 0 atom stereocenters. The second-order valence-electron chi connectivity index (χ2n) is 4.49. The molecule has 16 heavy (non-hydrogen) atoms. The van der Waals surface area contributed by atoms with Crippen molar-refractivity contribution in [3.8, 4) is 0 Å². The topological polar surface area (TPSA) is 29.0 Å². The largest absolute Gasteiger partial charge is 0.354 e. The summed E-state index contributed by atoms with van der Waals surface area (Å²) in [6.45, 7) is 8.05. The minimum absolute atomic E-state index is 0.533. The van der Waals surface area contributed by atoms with Crippen LogP contribution >= 0.6 is 11.6 Å². The molecular formula is C12H18ClN3. The van der Waals surface area contributed by atoms with Gasteiger partial charge in [0, 0.05) is 13.1 Å². The Morgan fingerprint density at radius 2 is 1.88 bits per heavy atom. The molecule has 0 aromatic carbocycles. The van der Waals surface area contributed by atoms with Crippen LogP contribution in [0.5, 0.6) is 0 Å². The Morgan fingerprint density at radius 3 is 2.44 bits per heavy atom. The third kappa shape index (κ3) is 2.46. The van der Waals surface area contributed by atoms with Crippen molar-refractivity contribution in [2.24, 2.45) is 5.92 Å². The van der Waals surface area contributed by atoms with E-state index < -0.39 is 0 Å². The van der Waals surface area contributed by atoms with Crippen LogP contribution in [0.1, 0.15) is 31.2 Å². The minimum atomic E-state index is 0.533. The van der Waals surface area contributed by atoms with Crippen LogP contribution in [0, 0.1) is 19.8 Å². The summed E-state index contributed by atoms with van der Waals surface area (Å²) in [5.74, 6) is 1.68. The van der Waals surface area contributed by atoms with Crippen LogP contribution in [0.3, 0.4) is 0 Å². The molecule has 1 aliphatic carbocycles. The van der Waals surface area contributed by atoms with Gasteiger partial charge in [-0.05, 0) is 39.5 Å². The predicted molar refractivity (Wildman–Crippen MR) is 67.1 cm³/mol. The van der Waals surface area contributed by atoms with E-state index in [0.29, 0.717) is 5.15 Å². The maximum absolute atomic E-state index is 6.16. The van der Waals surface area contributed by atoms with Gasteiger partial charge in [-0.2, -0.15) is 0 Å². The number of hydrogen-bond acceptors (Lipinski definition) is 3. The fourth-order valence-corrected chi connectivity index (χ4v) is 2.03. The molecule has 4 heteroatoms. The Labute approximate surface area is 102 Å². The summed E-state index contributed by atoms with van der Waals surface area (Å²) in [7, 11) is 0. The van der Waals surface area contributed by atoms with Gasteiger partial charge in [0.15, 0.2) is 11.0 Å². The number of aromatic nitrogens is 2. The quantitative estimate of drug-likeness (QED) is 0.809. The second-order valence-corrected chi connectivity index (χ2v) is 4.85. The first-order valence-corrected chi connectivity index (χ1v) is 6.25. The third-order valence-electron chi connectivity index (χ3n) is 3.10. The lowest BCUT2D eigenvalue weighted by Crippen LogP contribution is -2.27. The van der Waals surface area contributed by atoms with Crippen molar-refractivity contribution in [2.75, 3.05) is 18.0 Å². The fourth-order valence-electron chi connectivity index (χ4n) is 1.74. The van der Waals surface area contributed by atoms with Gasteiger partial charge >= 0.3 is 0 Å². The summed E-state index contributed by atoms with van der Waals surface area (Å²) in [4.78, 5) is 11.1. The number of nitrogens with zero attached hydrogens (tertiary/aromatic N) is 3. The van der Waals surface area contributed by atoms with Crippen LogP contribution in [-0.4, -0.2) is 23.1 Å². The SMILES string of the molecule is CCN(CC1CC1)c1nc(C)c(C)nc1Cl.